The van der Waals surface area contributed by atoms with E-state index >= 15 is 0 Å². The van der Waals surface area contributed by atoms with E-state index < -0.39 is 5.97 Å². The molecule has 1 heterocycles. The molecule has 2 rings (SSSR count). The molecule has 5 nitrogen and oxygen atoms in total. The second kappa shape index (κ2) is 6.33. The fourth-order valence-electron chi connectivity index (χ4n) is 1.98. The Hall–Kier alpha value is -1.88. The highest BCUT2D eigenvalue weighted by atomic mass is 16.5. The van der Waals surface area contributed by atoms with Crippen LogP contribution in [-0.4, -0.2) is 33.8 Å². The minimum Gasteiger partial charge on any atom is -0.478 e. The summed E-state index contributed by atoms with van der Waals surface area (Å²) in [5, 5.41) is 9.19. The van der Waals surface area contributed by atoms with Crippen LogP contribution in [0.2, 0.25) is 0 Å². The van der Waals surface area contributed by atoms with Crippen molar-refractivity contribution < 1.29 is 14.6 Å². The van der Waals surface area contributed by atoms with Gasteiger partial charge in [-0.3, -0.25) is 0 Å². The molecular weight excluding hydrogens is 244 g/mol. The highest BCUT2D eigenvalue weighted by Gasteiger charge is 2.12. The second-order valence-electron chi connectivity index (χ2n) is 4.38. The Kier molecular flexibility index (Phi) is 4.52. The first-order chi connectivity index (χ1) is 9.24. The van der Waals surface area contributed by atoms with Gasteiger partial charge in [-0.25, -0.2) is 9.78 Å². The van der Waals surface area contributed by atoms with E-state index in [4.69, 9.17) is 4.74 Å². The van der Waals surface area contributed by atoms with Crippen molar-refractivity contribution in [3.8, 4) is 0 Å². The van der Waals surface area contributed by atoms with Crippen molar-refractivity contribution in [2.24, 2.45) is 0 Å². The molecule has 1 N–H and O–H groups in total. The molecule has 0 atom stereocenters. The molecule has 1 aromatic carbocycles. The van der Waals surface area contributed by atoms with E-state index in [0.717, 1.165) is 19.4 Å². The third kappa shape index (κ3) is 3.12. The fraction of sp³-hybridized carbons (Fsp3) is 0.429. The quantitative estimate of drug-likeness (QED) is 0.779. The van der Waals surface area contributed by atoms with E-state index in [1.54, 1.807) is 18.5 Å². The zero-order valence-corrected chi connectivity index (χ0v) is 11.0. The maximum absolute atomic E-state index is 11.2. The maximum atomic E-state index is 11.2. The molecule has 2 aromatic rings. The molecular formula is C14H18N2O3. The highest BCUT2D eigenvalue weighted by molar-refractivity contribution is 6.01. The first-order valence-electron chi connectivity index (χ1n) is 6.49. The lowest BCUT2D eigenvalue weighted by atomic mass is 10.2. The lowest BCUT2D eigenvalue weighted by Crippen LogP contribution is -2.08. The summed E-state index contributed by atoms with van der Waals surface area (Å²) in [5.41, 5.74) is 1.64. The third-order valence-electron chi connectivity index (χ3n) is 2.99. The minimum atomic E-state index is -0.931. The molecule has 0 radical (unpaired) electrons. The Balaban J connectivity index is 2.12. The van der Waals surface area contributed by atoms with Gasteiger partial charge >= 0.3 is 5.97 Å². The number of benzene rings is 1. The fourth-order valence-corrected chi connectivity index (χ4v) is 1.98. The first kappa shape index (κ1) is 13.5. The lowest BCUT2D eigenvalue weighted by molar-refractivity contribution is 0.0698. The van der Waals surface area contributed by atoms with Crippen LogP contribution in [0.5, 0.6) is 0 Å². The number of hydrogen-bond acceptors (Lipinski definition) is 3. The van der Waals surface area contributed by atoms with Crippen LogP contribution in [0.4, 0.5) is 0 Å². The summed E-state index contributed by atoms with van der Waals surface area (Å²) in [5.74, 6) is -0.931. The number of aromatic carboxylic acids is 1. The molecule has 19 heavy (non-hydrogen) atoms. The average Bonchev–Trinajstić information content (AvgIpc) is 2.81. The van der Waals surface area contributed by atoms with Crippen LogP contribution in [0.3, 0.4) is 0 Å². The molecule has 0 aliphatic carbocycles. The van der Waals surface area contributed by atoms with Crippen molar-refractivity contribution in [2.45, 2.75) is 26.3 Å². The summed E-state index contributed by atoms with van der Waals surface area (Å²) in [6, 6.07) is 5.12. The van der Waals surface area contributed by atoms with Crippen molar-refractivity contribution in [1.29, 1.82) is 0 Å². The standard InChI is InChI=1S/C14H18N2O3/c1-2-3-8-19-9-7-16-10-15-12-6-4-5-11(13(12)16)14(17)18/h4-6,10H,2-3,7-9H2,1H3,(H,17,18). The number of fused-ring (bicyclic) bond motifs is 1. The van der Waals surface area contributed by atoms with Gasteiger partial charge in [0.25, 0.3) is 0 Å². The van der Waals surface area contributed by atoms with Crippen LogP contribution >= 0.6 is 0 Å². The van der Waals surface area contributed by atoms with Gasteiger partial charge in [0, 0.05) is 13.2 Å². The van der Waals surface area contributed by atoms with E-state index in [0.29, 0.717) is 24.2 Å². The monoisotopic (exact) mass is 262 g/mol. The van der Waals surface area contributed by atoms with E-state index in [1.165, 1.54) is 0 Å². The Morgan fingerprint density at radius 2 is 2.26 bits per heavy atom. The Bertz CT molecular complexity index is 563. The predicted octanol–water partition coefficient (Wildman–Crippen LogP) is 2.55. The number of carbonyl (C=O) groups is 1. The number of rotatable bonds is 7. The smallest absolute Gasteiger partial charge is 0.337 e. The number of imidazole rings is 1. The third-order valence-corrected chi connectivity index (χ3v) is 2.99. The largest absolute Gasteiger partial charge is 0.478 e. The summed E-state index contributed by atoms with van der Waals surface area (Å²) in [7, 11) is 0. The lowest BCUT2D eigenvalue weighted by Gasteiger charge is -2.07. The number of nitrogens with zero attached hydrogens (tertiary/aromatic N) is 2. The van der Waals surface area contributed by atoms with Gasteiger partial charge in [-0.2, -0.15) is 0 Å². The molecule has 1 aromatic heterocycles. The molecule has 0 unspecified atom stereocenters. The van der Waals surface area contributed by atoms with Crippen LogP contribution in [0.25, 0.3) is 11.0 Å². The van der Waals surface area contributed by atoms with Crippen molar-refractivity contribution >= 4 is 17.0 Å². The van der Waals surface area contributed by atoms with E-state index in [2.05, 4.69) is 11.9 Å². The van der Waals surface area contributed by atoms with Crippen LogP contribution < -0.4 is 0 Å². The number of aromatic nitrogens is 2. The number of carboxylic acids is 1. The molecule has 5 heteroatoms. The number of hydrogen-bond donors (Lipinski definition) is 1. The van der Waals surface area contributed by atoms with E-state index in [1.807, 2.05) is 10.6 Å². The Labute approximate surface area is 111 Å². The summed E-state index contributed by atoms with van der Waals surface area (Å²) < 4.78 is 7.34. The van der Waals surface area contributed by atoms with E-state index in [9.17, 15) is 9.90 Å². The van der Waals surface area contributed by atoms with Gasteiger partial charge in [0.1, 0.15) is 0 Å². The molecule has 0 bridgehead atoms. The van der Waals surface area contributed by atoms with E-state index in [-0.39, 0.29) is 5.56 Å². The van der Waals surface area contributed by atoms with Crippen molar-refractivity contribution in [3.63, 3.8) is 0 Å². The van der Waals surface area contributed by atoms with Gasteiger partial charge < -0.3 is 14.4 Å². The molecule has 0 saturated carbocycles. The Morgan fingerprint density at radius 3 is 3.00 bits per heavy atom. The molecule has 0 spiro atoms. The average molecular weight is 262 g/mol. The van der Waals surface area contributed by atoms with Gasteiger partial charge in [0.2, 0.25) is 0 Å². The molecule has 0 saturated heterocycles. The highest BCUT2D eigenvalue weighted by Crippen LogP contribution is 2.17. The second-order valence-corrected chi connectivity index (χ2v) is 4.38. The van der Waals surface area contributed by atoms with Gasteiger partial charge in [0.15, 0.2) is 0 Å². The number of ether oxygens (including phenoxy) is 1. The zero-order valence-electron chi connectivity index (χ0n) is 11.0. The van der Waals surface area contributed by atoms with Crippen LogP contribution in [0, 0.1) is 0 Å². The summed E-state index contributed by atoms with van der Waals surface area (Å²) in [6.07, 6.45) is 3.82. The maximum Gasteiger partial charge on any atom is 0.337 e. The van der Waals surface area contributed by atoms with Crippen molar-refractivity contribution in [2.75, 3.05) is 13.2 Å². The number of carboxylic acid groups (broad SMARTS) is 1. The first-order valence-corrected chi connectivity index (χ1v) is 6.49. The van der Waals surface area contributed by atoms with Crippen LogP contribution in [-0.2, 0) is 11.3 Å². The van der Waals surface area contributed by atoms with Gasteiger partial charge in [-0.1, -0.05) is 19.4 Å². The molecule has 102 valence electrons. The topological polar surface area (TPSA) is 64.4 Å². The summed E-state index contributed by atoms with van der Waals surface area (Å²) in [6.45, 7) is 4.05. The molecule has 0 aliphatic heterocycles. The number of unbranched alkanes of at least 4 members (excludes halogenated alkanes) is 1. The van der Waals surface area contributed by atoms with Crippen molar-refractivity contribution in [3.05, 3.63) is 30.1 Å². The van der Waals surface area contributed by atoms with Crippen molar-refractivity contribution in [1.82, 2.24) is 9.55 Å². The minimum absolute atomic E-state index is 0.281. The molecule has 0 amide bonds. The summed E-state index contributed by atoms with van der Waals surface area (Å²) in [4.78, 5) is 15.4. The SMILES string of the molecule is CCCCOCCn1cnc2cccc(C(=O)O)c21. The predicted molar refractivity (Wildman–Crippen MR) is 72.4 cm³/mol. The zero-order chi connectivity index (χ0) is 13.7. The van der Waals surface area contributed by atoms with Gasteiger partial charge in [0.05, 0.1) is 29.5 Å². The Morgan fingerprint density at radius 1 is 1.42 bits per heavy atom. The molecule has 0 fully saturated rings. The van der Waals surface area contributed by atoms with Gasteiger partial charge in [-0.05, 0) is 18.6 Å². The normalized spacial score (nSPS) is 11.0. The van der Waals surface area contributed by atoms with Crippen LogP contribution in [0.1, 0.15) is 30.1 Å². The van der Waals surface area contributed by atoms with Crippen LogP contribution in [0.15, 0.2) is 24.5 Å². The van der Waals surface area contributed by atoms with Gasteiger partial charge in [-0.15, -0.1) is 0 Å². The number of para-hydroxylation sites is 1. The summed E-state index contributed by atoms with van der Waals surface area (Å²) >= 11 is 0. The molecule has 0 aliphatic rings.